The maximum atomic E-state index is 6.23. The summed E-state index contributed by atoms with van der Waals surface area (Å²) in [5.74, 6) is 0.691. The molecule has 4 heteroatoms. The lowest BCUT2D eigenvalue weighted by atomic mass is 9.95. The van der Waals surface area contributed by atoms with Crippen molar-refractivity contribution >= 4 is 27.5 Å². The van der Waals surface area contributed by atoms with Gasteiger partial charge in [-0.3, -0.25) is 0 Å². The molecular weight excluding hydrogens is 338 g/mol. The van der Waals surface area contributed by atoms with Crippen LogP contribution in [0.4, 0.5) is 0 Å². The second kappa shape index (κ2) is 6.61. The third-order valence-corrected chi connectivity index (χ3v) is 4.57. The fourth-order valence-electron chi connectivity index (χ4n) is 2.30. The molecule has 0 spiro atoms. The molecule has 0 bridgehead atoms. The summed E-state index contributed by atoms with van der Waals surface area (Å²) in [5.41, 5.74) is 3.56. The van der Waals surface area contributed by atoms with Crippen LogP contribution in [0.25, 0.3) is 0 Å². The zero-order chi connectivity index (χ0) is 14.7. The summed E-state index contributed by atoms with van der Waals surface area (Å²) in [6, 6.07) is 12.2. The van der Waals surface area contributed by atoms with E-state index in [1.165, 1.54) is 11.1 Å². The summed E-state index contributed by atoms with van der Waals surface area (Å²) in [6.45, 7) is 2.11. The molecule has 1 unspecified atom stereocenters. The quantitative estimate of drug-likeness (QED) is 0.857. The van der Waals surface area contributed by atoms with Gasteiger partial charge in [0.25, 0.3) is 0 Å². The molecule has 0 aliphatic carbocycles. The predicted molar refractivity (Wildman–Crippen MR) is 87.8 cm³/mol. The third kappa shape index (κ3) is 3.00. The number of rotatable bonds is 4. The highest BCUT2D eigenvalue weighted by molar-refractivity contribution is 9.10. The smallest absolute Gasteiger partial charge is 0.137 e. The number of ether oxygens (including phenoxy) is 1. The number of halogens is 2. The molecular formula is C16H17BrClNO. The van der Waals surface area contributed by atoms with E-state index >= 15 is 0 Å². The van der Waals surface area contributed by atoms with Crippen LogP contribution in [0.5, 0.6) is 5.75 Å². The van der Waals surface area contributed by atoms with E-state index < -0.39 is 0 Å². The van der Waals surface area contributed by atoms with E-state index in [0.717, 1.165) is 10.0 Å². The number of benzene rings is 2. The molecule has 106 valence electrons. The maximum Gasteiger partial charge on any atom is 0.137 e. The van der Waals surface area contributed by atoms with E-state index in [0.29, 0.717) is 10.8 Å². The zero-order valence-electron chi connectivity index (χ0n) is 11.7. The topological polar surface area (TPSA) is 21.3 Å². The second-order valence-electron chi connectivity index (χ2n) is 4.57. The molecule has 2 rings (SSSR count). The lowest BCUT2D eigenvalue weighted by Gasteiger charge is -2.21. The molecule has 0 heterocycles. The summed E-state index contributed by atoms with van der Waals surface area (Å²) in [6.07, 6.45) is 0. The molecule has 2 aromatic rings. The van der Waals surface area contributed by atoms with Crippen molar-refractivity contribution in [2.75, 3.05) is 14.2 Å². The molecule has 1 atom stereocenters. The van der Waals surface area contributed by atoms with Crippen LogP contribution in [0.3, 0.4) is 0 Å². The molecule has 0 saturated carbocycles. The normalized spacial score (nSPS) is 12.2. The van der Waals surface area contributed by atoms with E-state index in [9.17, 15) is 0 Å². The van der Waals surface area contributed by atoms with E-state index in [1.54, 1.807) is 7.11 Å². The predicted octanol–water partition coefficient (Wildman–Crippen LogP) is 4.73. The van der Waals surface area contributed by atoms with Crippen LogP contribution in [-0.2, 0) is 0 Å². The highest BCUT2D eigenvalue weighted by Gasteiger charge is 2.16. The van der Waals surface area contributed by atoms with Gasteiger partial charge in [-0.2, -0.15) is 0 Å². The van der Waals surface area contributed by atoms with E-state index in [-0.39, 0.29) is 6.04 Å². The van der Waals surface area contributed by atoms with E-state index in [2.05, 4.69) is 34.2 Å². The molecule has 0 aromatic heterocycles. The Bertz CT molecular complexity index is 615. The Morgan fingerprint density at radius 2 is 2.00 bits per heavy atom. The van der Waals surface area contributed by atoms with E-state index in [4.69, 9.17) is 16.3 Å². The zero-order valence-corrected chi connectivity index (χ0v) is 14.0. The maximum absolute atomic E-state index is 6.23. The van der Waals surface area contributed by atoms with Crippen molar-refractivity contribution in [3.05, 3.63) is 62.6 Å². The third-order valence-electron chi connectivity index (χ3n) is 3.42. The molecule has 2 aromatic carbocycles. The Morgan fingerprint density at radius 3 is 2.60 bits per heavy atom. The van der Waals surface area contributed by atoms with Gasteiger partial charge in [-0.1, -0.05) is 45.7 Å². The van der Waals surface area contributed by atoms with Crippen LogP contribution >= 0.6 is 27.5 Å². The van der Waals surface area contributed by atoms with Crippen LogP contribution in [0.2, 0.25) is 5.02 Å². The van der Waals surface area contributed by atoms with Gasteiger partial charge < -0.3 is 10.1 Å². The summed E-state index contributed by atoms with van der Waals surface area (Å²) >= 11 is 9.81. The minimum absolute atomic E-state index is 0.0934. The Balaban J connectivity index is 2.47. The van der Waals surface area contributed by atoms with Crippen molar-refractivity contribution in [1.29, 1.82) is 0 Å². The van der Waals surface area contributed by atoms with Crippen LogP contribution < -0.4 is 10.1 Å². The lowest BCUT2D eigenvalue weighted by molar-refractivity contribution is 0.414. The molecule has 20 heavy (non-hydrogen) atoms. The summed E-state index contributed by atoms with van der Waals surface area (Å²) in [5, 5.41) is 3.97. The van der Waals surface area contributed by atoms with Crippen LogP contribution in [0.1, 0.15) is 22.7 Å². The number of nitrogens with one attached hydrogen (secondary N) is 1. The molecule has 2 nitrogen and oxygen atoms in total. The van der Waals surface area contributed by atoms with Crippen LogP contribution in [-0.4, -0.2) is 14.2 Å². The first-order chi connectivity index (χ1) is 9.58. The van der Waals surface area contributed by atoms with Crippen LogP contribution in [0.15, 0.2) is 40.9 Å². The number of hydrogen-bond acceptors (Lipinski definition) is 2. The molecule has 0 fully saturated rings. The first-order valence-corrected chi connectivity index (χ1v) is 7.51. The number of hydrogen-bond donors (Lipinski definition) is 1. The van der Waals surface area contributed by atoms with Gasteiger partial charge in [0.05, 0.1) is 18.2 Å². The average molecular weight is 355 g/mol. The fourth-order valence-corrected chi connectivity index (χ4v) is 2.95. The van der Waals surface area contributed by atoms with Gasteiger partial charge in [0, 0.05) is 4.47 Å². The molecule has 1 N–H and O–H groups in total. The average Bonchev–Trinajstić information content (AvgIpc) is 2.44. The van der Waals surface area contributed by atoms with Gasteiger partial charge in [0.1, 0.15) is 5.75 Å². The van der Waals surface area contributed by atoms with Crippen molar-refractivity contribution in [3.63, 3.8) is 0 Å². The van der Waals surface area contributed by atoms with Gasteiger partial charge in [0.2, 0.25) is 0 Å². The largest absolute Gasteiger partial charge is 0.495 e. The van der Waals surface area contributed by atoms with Crippen molar-refractivity contribution in [3.8, 4) is 5.75 Å². The molecule has 0 aliphatic rings. The molecule has 0 amide bonds. The first-order valence-electron chi connectivity index (χ1n) is 6.34. The van der Waals surface area contributed by atoms with Gasteiger partial charge >= 0.3 is 0 Å². The summed E-state index contributed by atoms with van der Waals surface area (Å²) in [4.78, 5) is 0. The summed E-state index contributed by atoms with van der Waals surface area (Å²) < 4.78 is 6.31. The van der Waals surface area contributed by atoms with Gasteiger partial charge in [-0.05, 0) is 48.9 Å². The highest BCUT2D eigenvalue weighted by atomic mass is 79.9. The Labute approximate surface area is 133 Å². The first kappa shape index (κ1) is 15.4. The van der Waals surface area contributed by atoms with Crippen molar-refractivity contribution in [2.24, 2.45) is 0 Å². The lowest BCUT2D eigenvalue weighted by Crippen LogP contribution is -2.18. The van der Waals surface area contributed by atoms with Gasteiger partial charge in [-0.15, -0.1) is 0 Å². The summed E-state index contributed by atoms with van der Waals surface area (Å²) in [7, 11) is 3.57. The van der Waals surface area contributed by atoms with Crippen molar-refractivity contribution < 1.29 is 4.74 Å². The Hall–Kier alpha value is -1.03. The van der Waals surface area contributed by atoms with E-state index in [1.807, 2.05) is 37.4 Å². The fraction of sp³-hybridized carbons (Fsp3) is 0.250. The Kier molecular flexibility index (Phi) is 5.08. The minimum Gasteiger partial charge on any atom is -0.495 e. The minimum atomic E-state index is 0.0934. The highest BCUT2D eigenvalue weighted by Crippen LogP contribution is 2.32. The number of methoxy groups -OCH3 is 1. The Morgan fingerprint density at radius 1 is 1.25 bits per heavy atom. The van der Waals surface area contributed by atoms with Gasteiger partial charge in [0.15, 0.2) is 0 Å². The molecule has 0 saturated heterocycles. The molecule has 0 radical (unpaired) electrons. The van der Waals surface area contributed by atoms with Crippen molar-refractivity contribution in [1.82, 2.24) is 5.32 Å². The monoisotopic (exact) mass is 353 g/mol. The second-order valence-corrected chi connectivity index (χ2v) is 5.83. The SMILES string of the molecule is CNC(c1ccc(OC)c(Cl)c1)c1cccc(Br)c1C. The standard InChI is InChI=1S/C16H17BrClNO/c1-10-12(5-4-6-13(10)17)16(19-2)11-7-8-15(20-3)14(18)9-11/h4-9,16,19H,1-3H3. The van der Waals surface area contributed by atoms with Crippen LogP contribution in [0, 0.1) is 6.92 Å². The van der Waals surface area contributed by atoms with Crippen molar-refractivity contribution in [2.45, 2.75) is 13.0 Å². The van der Waals surface area contributed by atoms with Gasteiger partial charge in [-0.25, -0.2) is 0 Å². The molecule has 0 aliphatic heterocycles.